The minimum Gasteiger partial charge on any atom is -0.449 e. The number of rotatable bonds is 2. The second-order valence-corrected chi connectivity index (χ2v) is 6.53. The standard InChI is InChI=1S/C15H25N3O2/c1-12-16-13(11-20-12)10-17-6-5-7-18(9-8-17)14(19)15(2,3)4/h11H,5-10H2,1-4H3. The van der Waals surface area contributed by atoms with Gasteiger partial charge in [-0.2, -0.15) is 0 Å². The molecule has 0 radical (unpaired) electrons. The van der Waals surface area contributed by atoms with E-state index >= 15 is 0 Å². The summed E-state index contributed by atoms with van der Waals surface area (Å²) in [7, 11) is 0. The van der Waals surface area contributed by atoms with Gasteiger partial charge in [0.05, 0.1) is 5.69 Å². The predicted molar refractivity (Wildman–Crippen MR) is 77.2 cm³/mol. The summed E-state index contributed by atoms with van der Waals surface area (Å²) in [4.78, 5) is 21.0. The van der Waals surface area contributed by atoms with E-state index < -0.39 is 0 Å². The molecule has 0 bridgehead atoms. The number of carbonyl (C=O) groups excluding carboxylic acids is 1. The Morgan fingerprint density at radius 3 is 2.65 bits per heavy atom. The van der Waals surface area contributed by atoms with Crippen LogP contribution in [0.5, 0.6) is 0 Å². The minimum absolute atomic E-state index is 0.247. The summed E-state index contributed by atoms with van der Waals surface area (Å²) >= 11 is 0. The summed E-state index contributed by atoms with van der Waals surface area (Å²) in [6.07, 6.45) is 2.73. The normalized spacial score (nSPS) is 18.1. The molecule has 1 aromatic rings. The largest absolute Gasteiger partial charge is 0.449 e. The molecule has 112 valence electrons. The number of amides is 1. The van der Waals surface area contributed by atoms with Crippen LogP contribution in [0.4, 0.5) is 0 Å². The summed E-state index contributed by atoms with van der Waals surface area (Å²) in [5.41, 5.74) is 0.677. The molecule has 5 nitrogen and oxygen atoms in total. The van der Waals surface area contributed by atoms with Gasteiger partial charge < -0.3 is 9.32 Å². The molecule has 0 aromatic carbocycles. The zero-order chi connectivity index (χ0) is 14.8. The van der Waals surface area contributed by atoms with Crippen molar-refractivity contribution in [1.82, 2.24) is 14.8 Å². The van der Waals surface area contributed by atoms with E-state index in [9.17, 15) is 4.79 Å². The molecule has 0 saturated carbocycles. The van der Waals surface area contributed by atoms with Crippen molar-refractivity contribution in [2.75, 3.05) is 26.2 Å². The van der Waals surface area contributed by atoms with Crippen molar-refractivity contribution >= 4 is 5.91 Å². The third-order valence-corrected chi connectivity index (χ3v) is 3.57. The number of hydrogen-bond acceptors (Lipinski definition) is 4. The van der Waals surface area contributed by atoms with Crippen LogP contribution in [0.1, 0.15) is 38.8 Å². The maximum absolute atomic E-state index is 12.3. The Labute approximate surface area is 121 Å². The fourth-order valence-electron chi connectivity index (χ4n) is 2.52. The molecule has 0 unspecified atom stereocenters. The number of hydrogen-bond donors (Lipinski definition) is 0. The van der Waals surface area contributed by atoms with Crippen LogP contribution >= 0.6 is 0 Å². The van der Waals surface area contributed by atoms with Gasteiger partial charge in [0.15, 0.2) is 5.89 Å². The average molecular weight is 279 g/mol. The van der Waals surface area contributed by atoms with Crippen LogP contribution in [0.15, 0.2) is 10.7 Å². The molecule has 0 spiro atoms. The van der Waals surface area contributed by atoms with Gasteiger partial charge in [-0.05, 0) is 6.42 Å². The molecule has 1 saturated heterocycles. The molecule has 2 heterocycles. The second kappa shape index (κ2) is 5.95. The molecule has 1 amide bonds. The second-order valence-electron chi connectivity index (χ2n) is 6.53. The van der Waals surface area contributed by atoms with Crippen molar-refractivity contribution in [2.24, 2.45) is 5.41 Å². The molecular weight excluding hydrogens is 254 g/mol. The van der Waals surface area contributed by atoms with E-state index in [1.807, 2.05) is 32.6 Å². The van der Waals surface area contributed by atoms with Gasteiger partial charge in [0, 0.05) is 45.1 Å². The molecule has 1 fully saturated rings. The highest BCUT2D eigenvalue weighted by atomic mass is 16.3. The quantitative estimate of drug-likeness (QED) is 0.831. The van der Waals surface area contributed by atoms with E-state index in [2.05, 4.69) is 9.88 Å². The van der Waals surface area contributed by atoms with Gasteiger partial charge in [0.2, 0.25) is 5.91 Å². The van der Waals surface area contributed by atoms with E-state index in [0.29, 0.717) is 5.89 Å². The fourth-order valence-corrected chi connectivity index (χ4v) is 2.52. The zero-order valence-electron chi connectivity index (χ0n) is 13.0. The molecule has 0 N–H and O–H groups in total. The maximum Gasteiger partial charge on any atom is 0.227 e. The lowest BCUT2D eigenvalue weighted by Gasteiger charge is -2.28. The molecule has 20 heavy (non-hydrogen) atoms. The van der Waals surface area contributed by atoms with E-state index in [-0.39, 0.29) is 11.3 Å². The van der Waals surface area contributed by atoms with E-state index in [1.165, 1.54) is 0 Å². The number of carbonyl (C=O) groups is 1. The van der Waals surface area contributed by atoms with Crippen molar-refractivity contribution in [3.8, 4) is 0 Å². The Kier molecular flexibility index (Phi) is 4.48. The first-order valence-electron chi connectivity index (χ1n) is 7.29. The number of nitrogens with zero attached hydrogens (tertiary/aromatic N) is 3. The van der Waals surface area contributed by atoms with E-state index in [4.69, 9.17) is 4.42 Å². The summed E-state index contributed by atoms with van der Waals surface area (Å²) in [6, 6.07) is 0. The Hall–Kier alpha value is -1.36. The lowest BCUT2D eigenvalue weighted by molar-refractivity contribution is -0.139. The highest BCUT2D eigenvalue weighted by Gasteiger charge is 2.28. The van der Waals surface area contributed by atoms with Crippen molar-refractivity contribution in [2.45, 2.75) is 40.7 Å². The first-order chi connectivity index (χ1) is 9.36. The van der Waals surface area contributed by atoms with Crippen LogP contribution < -0.4 is 0 Å². The van der Waals surface area contributed by atoms with Crippen LogP contribution in [0.2, 0.25) is 0 Å². The Morgan fingerprint density at radius 1 is 1.30 bits per heavy atom. The van der Waals surface area contributed by atoms with Crippen molar-refractivity contribution in [3.05, 3.63) is 17.8 Å². The smallest absolute Gasteiger partial charge is 0.227 e. The molecule has 1 aliphatic rings. The third kappa shape index (κ3) is 3.82. The van der Waals surface area contributed by atoms with Gasteiger partial charge >= 0.3 is 0 Å². The van der Waals surface area contributed by atoms with Crippen molar-refractivity contribution in [3.63, 3.8) is 0 Å². The highest BCUT2D eigenvalue weighted by Crippen LogP contribution is 2.19. The lowest BCUT2D eigenvalue weighted by atomic mass is 9.94. The summed E-state index contributed by atoms with van der Waals surface area (Å²) in [5, 5.41) is 0. The summed E-state index contributed by atoms with van der Waals surface area (Å²) in [5.74, 6) is 0.955. The summed E-state index contributed by atoms with van der Waals surface area (Å²) < 4.78 is 5.24. The molecule has 5 heteroatoms. The molecular formula is C15H25N3O2. The van der Waals surface area contributed by atoms with Gasteiger partial charge in [-0.15, -0.1) is 0 Å². The number of oxazole rings is 1. The zero-order valence-corrected chi connectivity index (χ0v) is 13.0. The van der Waals surface area contributed by atoms with Crippen molar-refractivity contribution < 1.29 is 9.21 Å². The molecule has 2 rings (SSSR count). The lowest BCUT2D eigenvalue weighted by Crippen LogP contribution is -2.41. The first-order valence-corrected chi connectivity index (χ1v) is 7.29. The number of aryl methyl sites for hydroxylation is 1. The Balaban J connectivity index is 1.90. The van der Waals surface area contributed by atoms with Crippen molar-refractivity contribution in [1.29, 1.82) is 0 Å². The predicted octanol–water partition coefficient (Wildman–Crippen LogP) is 2.06. The van der Waals surface area contributed by atoms with Gasteiger partial charge in [-0.3, -0.25) is 9.69 Å². The molecule has 0 atom stereocenters. The molecule has 1 aliphatic heterocycles. The van der Waals surface area contributed by atoms with Crippen LogP contribution in [0.3, 0.4) is 0 Å². The number of aromatic nitrogens is 1. The highest BCUT2D eigenvalue weighted by molar-refractivity contribution is 5.81. The topological polar surface area (TPSA) is 49.6 Å². The Morgan fingerprint density at radius 2 is 2.05 bits per heavy atom. The summed E-state index contributed by atoms with van der Waals surface area (Å²) in [6.45, 7) is 12.2. The van der Waals surface area contributed by atoms with Crippen LogP contribution in [-0.4, -0.2) is 46.9 Å². The first kappa shape index (κ1) is 15.0. The van der Waals surface area contributed by atoms with Gasteiger partial charge in [-0.1, -0.05) is 20.8 Å². The molecule has 0 aliphatic carbocycles. The fraction of sp³-hybridized carbons (Fsp3) is 0.733. The van der Waals surface area contributed by atoms with Gasteiger partial charge in [-0.25, -0.2) is 4.98 Å². The van der Waals surface area contributed by atoms with E-state index in [1.54, 1.807) is 6.26 Å². The van der Waals surface area contributed by atoms with E-state index in [0.717, 1.165) is 44.8 Å². The van der Waals surface area contributed by atoms with Crippen LogP contribution in [0, 0.1) is 12.3 Å². The maximum atomic E-state index is 12.3. The van der Waals surface area contributed by atoms with Crippen LogP contribution in [-0.2, 0) is 11.3 Å². The minimum atomic E-state index is -0.293. The van der Waals surface area contributed by atoms with Gasteiger partial charge in [0.25, 0.3) is 0 Å². The SMILES string of the molecule is Cc1nc(CN2CCCN(C(=O)C(C)(C)C)CC2)co1. The monoisotopic (exact) mass is 279 g/mol. The third-order valence-electron chi connectivity index (χ3n) is 3.57. The molecule has 1 aromatic heterocycles. The van der Waals surface area contributed by atoms with Gasteiger partial charge in [0.1, 0.15) is 6.26 Å². The van der Waals surface area contributed by atoms with Crippen LogP contribution in [0.25, 0.3) is 0 Å². The average Bonchev–Trinajstić information content (AvgIpc) is 2.62. The Bertz CT molecular complexity index is 462.